The molecule has 0 radical (unpaired) electrons. The zero-order valence-electron chi connectivity index (χ0n) is 5.89. The van der Waals surface area contributed by atoms with Crippen LogP contribution < -0.4 is 5.73 Å². The van der Waals surface area contributed by atoms with E-state index in [0.29, 0.717) is 5.88 Å². The van der Waals surface area contributed by atoms with Crippen LogP contribution in [0.25, 0.3) is 0 Å². The van der Waals surface area contributed by atoms with Gasteiger partial charge < -0.3 is 5.73 Å². The highest BCUT2D eigenvalue weighted by Gasteiger charge is 1.93. The smallest absolute Gasteiger partial charge is 0.0474 e. The van der Waals surface area contributed by atoms with Crippen molar-refractivity contribution in [1.29, 1.82) is 0 Å². The topological polar surface area (TPSA) is 26.0 Å². The molecule has 0 unspecified atom stereocenters. The molecule has 2 heteroatoms. The summed E-state index contributed by atoms with van der Waals surface area (Å²) in [7, 11) is 0. The minimum atomic E-state index is 0.557. The summed E-state index contributed by atoms with van der Waals surface area (Å²) in [4.78, 5) is 0. The number of halogens is 1. The number of nitrogens with two attached hydrogens (primary N) is 1. The Morgan fingerprint density at radius 1 is 1.50 bits per heavy atom. The lowest BCUT2D eigenvalue weighted by molar-refractivity contribution is 1.35. The van der Waals surface area contributed by atoms with E-state index in [1.807, 2.05) is 25.1 Å². The van der Waals surface area contributed by atoms with Crippen molar-refractivity contribution < 1.29 is 0 Å². The first-order valence-electron chi connectivity index (χ1n) is 3.15. The van der Waals surface area contributed by atoms with Gasteiger partial charge in [-0.15, -0.1) is 11.6 Å². The second-order valence-electron chi connectivity index (χ2n) is 2.32. The van der Waals surface area contributed by atoms with Crippen LogP contribution in [0.15, 0.2) is 18.2 Å². The quantitative estimate of drug-likeness (QED) is 0.489. The summed E-state index contributed by atoms with van der Waals surface area (Å²) in [5, 5.41) is 0. The van der Waals surface area contributed by atoms with E-state index < -0.39 is 0 Å². The Kier molecular flexibility index (Phi) is 2.17. The van der Waals surface area contributed by atoms with Gasteiger partial charge in [0, 0.05) is 11.6 Å². The first-order valence-corrected chi connectivity index (χ1v) is 3.68. The number of rotatable bonds is 1. The van der Waals surface area contributed by atoms with Gasteiger partial charge in [-0.25, -0.2) is 0 Å². The molecule has 0 fully saturated rings. The summed E-state index contributed by atoms with van der Waals surface area (Å²) in [6, 6.07) is 5.82. The molecule has 1 nitrogen and oxygen atoms in total. The lowest BCUT2D eigenvalue weighted by Gasteiger charge is -2.00. The van der Waals surface area contributed by atoms with Crippen molar-refractivity contribution in [2.45, 2.75) is 12.8 Å². The van der Waals surface area contributed by atoms with Gasteiger partial charge in [-0.05, 0) is 24.1 Å². The molecule has 0 aromatic heterocycles. The molecule has 2 N–H and O–H groups in total. The molecule has 0 amide bonds. The Labute approximate surface area is 65.8 Å². The standard InChI is InChI=1S/C8H10ClN/c1-6-4-7(5-9)2-3-8(6)10/h2-4H,5,10H2,1H3. The molecule has 1 rings (SSSR count). The zero-order valence-corrected chi connectivity index (χ0v) is 6.65. The highest BCUT2D eigenvalue weighted by molar-refractivity contribution is 6.17. The maximum atomic E-state index is 5.61. The second-order valence-corrected chi connectivity index (χ2v) is 2.59. The van der Waals surface area contributed by atoms with Crippen molar-refractivity contribution in [2.75, 3.05) is 5.73 Å². The van der Waals surface area contributed by atoms with E-state index in [9.17, 15) is 0 Å². The largest absolute Gasteiger partial charge is 0.399 e. The molecule has 0 aliphatic heterocycles. The van der Waals surface area contributed by atoms with Gasteiger partial charge in [-0.3, -0.25) is 0 Å². The summed E-state index contributed by atoms with van der Waals surface area (Å²) < 4.78 is 0. The van der Waals surface area contributed by atoms with Crippen LogP contribution >= 0.6 is 11.6 Å². The van der Waals surface area contributed by atoms with Gasteiger partial charge in [0.25, 0.3) is 0 Å². The van der Waals surface area contributed by atoms with Gasteiger partial charge in [0.2, 0.25) is 0 Å². The Morgan fingerprint density at radius 3 is 2.70 bits per heavy atom. The van der Waals surface area contributed by atoms with Gasteiger partial charge in [0.15, 0.2) is 0 Å². The molecule has 1 aromatic carbocycles. The third-order valence-corrected chi connectivity index (χ3v) is 1.80. The summed E-state index contributed by atoms with van der Waals surface area (Å²) in [6.07, 6.45) is 0. The summed E-state index contributed by atoms with van der Waals surface area (Å²) in [5.41, 5.74) is 8.64. The van der Waals surface area contributed by atoms with Gasteiger partial charge in [0.1, 0.15) is 0 Å². The molecule has 0 aliphatic carbocycles. The predicted octanol–water partition coefficient (Wildman–Crippen LogP) is 2.32. The second kappa shape index (κ2) is 2.93. The fourth-order valence-corrected chi connectivity index (χ4v) is 0.987. The number of alkyl halides is 1. The maximum Gasteiger partial charge on any atom is 0.0474 e. The first-order chi connectivity index (χ1) is 4.74. The molecular formula is C8H10ClN. The lowest BCUT2D eigenvalue weighted by atomic mass is 10.1. The number of aryl methyl sites for hydroxylation is 1. The number of hydrogen-bond acceptors (Lipinski definition) is 1. The van der Waals surface area contributed by atoms with Gasteiger partial charge in [0.05, 0.1) is 0 Å². The molecule has 0 saturated heterocycles. The van der Waals surface area contributed by atoms with Crippen LogP contribution in [0.3, 0.4) is 0 Å². The van der Waals surface area contributed by atoms with Crippen molar-refractivity contribution >= 4 is 17.3 Å². The van der Waals surface area contributed by atoms with E-state index in [4.69, 9.17) is 17.3 Å². The summed E-state index contributed by atoms with van der Waals surface area (Å²) in [6.45, 7) is 1.98. The molecule has 0 spiro atoms. The van der Waals surface area contributed by atoms with Crippen LogP contribution in [0, 0.1) is 6.92 Å². The average Bonchev–Trinajstić information content (AvgIpc) is 1.95. The van der Waals surface area contributed by atoms with E-state index in [2.05, 4.69) is 0 Å². The number of anilines is 1. The lowest BCUT2D eigenvalue weighted by Crippen LogP contribution is -1.89. The fourth-order valence-electron chi connectivity index (χ4n) is 0.821. The Bertz CT molecular complexity index is 233. The van der Waals surface area contributed by atoms with Gasteiger partial charge in [-0.1, -0.05) is 12.1 Å². The van der Waals surface area contributed by atoms with Crippen molar-refractivity contribution in [1.82, 2.24) is 0 Å². The fraction of sp³-hybridized carbons (Fsp3) is 0.250. The minimum Gasteiger partial charge on any atom is -0.399 e. The molecule has 0 heterocycles. The van der Waals surface area contributed by atoms with Crippen LogP contribution in [0.1, 0.15) is 11.1 Å². The Hall–Kier alpha value is -0.690. The van der Waals surface area contributed by atoms with Crippen molar-refractivity contribution in [3.05, 3.63) is 29.3 Å². The molecule has 0 atom stereocenters. The third kappa shape index (κ3) is 1.42. The molecule has 0 bridgehead atoms. The van der Waals surface area contributed by atoms with Crippen molar-refractivity contribution in [3.8, 4) is 0 Å². The number of nitrogen functional groups attached to an aromatic ring is 1. The van der Waals surface area contributed by atoms with Crippen LogP contribution in [0.5, 0.6) is 0 Å². The average molecular weight is 156 g/mol. The SMILES string of the molecule is Cc1cc(CCl)ccc1N. The minimum absolute atomic E-state index is 0.557. The van der Waals surface area contributed by atoms with Crippen molar-refractivity contribution in [2.24, 2.45) is 0 Å². The van der Waals surface area contributed by atoms with E-state index in [1.54, 1.807) is 0 Å². The third-order valence-electron chi connectivity index (χ3n) is 1.49. The van der Waals surface area contributed by atoms with Crippen molar-refractivity contribution in [3.63, 3.8) is 0 Å². The molecule has 54 valence electrons. The van der Waals surface area contributed by atoms with Crippen LogP contribution in [0.4, 0.5) is 5.69 Å². The highest BCUT2D eigenvalue weighted by atomic mass is 35.5. The van der Waals surface area contributed by atoms with Gasteiger partial charge >= 0.3 is 0 Å². The van der Waals surface area contributed by atoms with E-state index in [1.165, 1.54) is 0 Å². The Balaban J connectivity index is 3.04. The predicted molar refractivity (Wildman–Crippen MR) is 45.1 cm³/mol. The molecule has 0 aliphatic rings. The molecule has 0 saturated carbocycles. The number of benzene rings is 1. The highest BCUT2D eigenvalue weighted by Crippen LogP contribution is 2.13. The monoisotopic (exact) mass is 155 g/mol. The van der Waals surface area contributed by atoms with E-state index >= 15 is 0 Å². The maximum absolute atomic E-state index is 5.61. The molecule has 1 aromatic rings. The molecular weight excluding hydrogens is 146 g/mol. The number of hydrogen-bond donors (Lipinski definition) is 1. The van der Waals surface area contributed by atoms with Crippen LogP contribution in [-0.4, -0.2) is 0 Å². The normalized spacial score (nSPS) is 9.80. The van der Waals surface area contributed by atoms with E-state index in [-0.39, 0.29) is 0 Å². The molecule has 10 heavy (non-hydrogen) atoms. The van der Waals surface area contributed by atoms with E-state index in [0.717, 1.165) is 16.8 Å². The first kappa shape index (κ1) is 7.42. The van der Waals surface area contributed by atoms with Gasteiger partial charge in [-0.2, -0.15) is 0 Å². The summed E-state index contributed by atoms with van der Waals surface area (Å²) >= 11 is 5.61. The van der Waals surface area contributed by atoms with Crippen LogP contribution in [0.2, 0.25) is 0 Å². The zero-order chi connectivity index (χ0) is 7.56. The summed E-state index contributed by atoms with van der Waals surface area (Å²) in [5.74, 6) is 0.557. The van der Waals surface area contributed by atoms with Crippen LogP contribution in [-0.2, 0) is 5.88 Å². The Morgan fingerprint density at radius 2 is 2.20 bits per heavy atom.